The van der Waals surface area contributed by atoms with Gasteiger partial charge in [-0.3, -0.25) is 4.90 Å². The van der Waals surface area contributed by atoms with Crippen molar-refractivity contribution in [3.8, 4) is 0 Å². The zero-order valence-corrected chi connectivity index (χ0v) is 9.02. The Morgan fingerprint density at radius 1 is 1.50 bits per heavy atom. The molecule has 0 bridgehead atoms. The normalized spacial score (nSPS) is 20.8. The van der Waals surface area contributed by atoms with E-state index in [1.54, 1.807) is 0 Å². The molecule has 0 atom stereocenters. The van der Waals surface area contributed by atoms with Gasteiger partial charge in [-0.15, -0.1) is 6.58 Å². The van der Waals surface area contributed by atoms with Gasteiger partial charge in [0.2, 0.25) is 0 Å². The molecular weight excluding hydrogens is 214 g/mol. The van der Waals surface area contributed by atoms with Gasteiger partial charge < -0.3 is 0 Å². The van der Waals surface area contributed by atoms with Crippen molar-refractivity contribution < 1.29 is 0 Å². The molecular formula is C10H16BrN. The molecule has 0 amide bonds. The van der Waals surface area contributed by atoms with Crippen molar-refractivity contribution in [2.24, 2.45) is 5.92 Å². The van der Waals surface area contributed by atoms with Gasteiger partial charge in [-0.05, 0) is 31.8 Å². The Kier molecular flexibility index (Phi) is 4.02. The van der Waals surface area contributed by atoms with Crippen molar-refractivity contribution in [3.05, 3.63) is 23.7 Å². The Hall–Kier alpha value is -0.0800. The number of halogens is 1. The van der Waals surface area contributed by atoms with Crippen molar-refractivity contribution in [2.45, 2.75) is 12.8 Å². The molecule has 2 heteroatoms. The molecule has 0 unspecified atom stereocenters. The third-order valence-electron chi connectivity index (χ3n) is 2.36. The molecule has 1 saturated heterocycles. The predicted octanol–water partition coefficient (Wildman–Crippen LogP) is 2.79. The minimum absolute atomic E-state index is 0.741. The highest BCUT2D eigenvalue weighted by molar-refractivity contribution is 9.11. The second-order valence-electron chi connectivity index (χ2n) is 3.37. The Morgan fingerprint density at radius 3 is 2.50 bits per heavy atom. The second-order valence-corrected chi connectivity index (χ2v) is 4.49. The summed E-state index contributed by atoms with van der Waals surface area (Å²) in [7, 11) is 0. The van der Waals surface area contributed by atoms with Crippen LogP contribution in [0.3, 0.4) is 0 Å². The Morgan fingerprint density at radius 2 is 2.08 bits per heavy atom. The molecule has 1 aliphatic heterocycles. The quantitative estimate of drug-likeness (QED) is 0.674. The van der Waals surface area contributed by atoms with Gasteiger partial charge in [0.15, 0.2) is 0 Å². The maximum absolute atomic E-state index is 3.84. The first-order chi connectivity index (χ1) is 5.72. The van der Waals surface area contributed by atoms with Crippen molar-refractivity contribution in [1.82, 2.24) is 4.90 Å². The molecule has 1 fully saturated rings. The third kappa shape index (κ3) is 3.11. The van der Waals surface area contributed by atoms with Crippen LogP contribution in [-0.4, -0.2) is 24.5 Å². The highest BCUT2D eigenvalue weighted by Gasteiger charge is 2.16. The smallest absolute Gasteiger partial charge is 0.0293 e. The van der Waals surface area contributed by atoms with Crippen molar-refractivity contribution >= 4 is 15.9 Å². The molecule has 0 aromatic rings. The van der Waals surface area contributed by atoms with Crippen LogP contribution in [0.4, 0.5) is 0 Å². The standard InChI is InChI=1S/C10H16BrN/c1-3-10-4-6-12(7-5-10)8-9(2)11/h3,10H,1-2,4-8H2. The molecule has 1 nitrogen and oxygen atoms in total. The maximum Gasteiger partial charge on any atom is 0.0293 e. The van der Waals surface area contributed by atoms with Crippen LogP contribution in [0.25, 0.3) is 0 Å². The number of rotatable bonds is 3. The minimum Gasteiger partial charge on any atom is -0.299 e. The fourth-order valence-corrected chi connectivity index (χ4v) is 1.94. The van der Waals surface area contributed by atoms with Crippen molar-refractivity contribution in [3.63, 3.8) is 0 Å². The third-order valence-corrected chi connectivity index (χ3v) is 2.61. The van der Waals surface area contributed by atoms with Gasteiger partial charge in [-0.1, -0.05) is 28.6 Å². The summed E-state index contributed by atoms with van der Waals surface area (Å²) in [6, 6.07) is 0. The molecule has 0 radical (unpaired) electrons. The average Bonchev–Trinajstić information content (AvgIpc) is 2.05. The van der Waals surface area contributed by atoms with Gasteiger partial charge in [0.1, 0.15) is 0 Å². The van der Waals surface area contributed by atoms with E-state index >= 15 is 0 Å². The molecule has 0 aromatic heterocycles. The maximum atomic E-state index is 3.84. The van der Waals surface area contributed by atoms with E-state index in [1.807, 2.05) is 0 Å². The summed E-state index contributed by atoms with van der Waals surface area (Å²) in [5, 5.41) is 0. The molecule has 12 heavy (non-hydrogen) atoms. The van der Waals surface area contributed by atoms with E-state index in [9.17, 15) is 0 Å². The first kappa shape index (κ1) is 10.0. The van der Waals surface area contributed by atoms with Crippen molar-refractivity contribution in [2.75, 3.05) is 19.6 Å². The molecule has 0 N–H and O–H groups in total. The van der Waals surface area contributed by atoms with Gasteiger partial charge in [0, 0.05) is 11.0 Å². The number of piperidine rings is 1. The van der Waals surface area contributed by atoms with E-state index < -0.39 is 0 Å². The van der Waals surface area contributed by atoms with Crippen LogP contribution in [0, 0.1) is 5.92 Å². The van der Waals surface area contributed by atoms with Gasteiger partial charge >= 0.3 is 0 Å². The van der Waals surface area contributed by atoms with Gasteiger partial charge in [0.25, 0.3) is 0 Å². The van der Waals surface area contributed by atoms with Crippen LogP contribution in [0.2, 0.25) is 0 Å². The topological polar surface area (TPSA) is 3.24 Å². The first-order valence-electron chi connectivity index (χ1n) is 4.40. The summed E-state index contributed by atoms with van der Waals surface area (Å²) in [6.07, 6.45) is 4.59. The lowest BCUT2D eigenvalue weighted by atomic mass is 9.97. The largest absolute Gasteiger partial charge is 0.299 e. The lowest BCUT2D eigenvalue weighted by Crippen LogP contribution is -2.33. The molecule has 68 valence electrons. The molecule has 0 spiro atoms. The van der Waals surface area contributed by atoms with Crippen LogP contribution < -0.4 is 0 Å². The number of nitrogens with zero attached hydrogens (tertiary/aromatic N) is 1. The van der Waals surface area contributed by atoms with Gasteiger partial charge in [0.05, 0.1) is 0 Å². The van der Waals surface area contributed by atoms with E-state index in [2.05, 4.69) is 40.1 Å². The fraction of sp³-hybridized carbons (Fsp3) is 0.600. The van der Waals surface area contributed by atoms with E-state index in [0.717, 1.165) is 16.9 Å². The van der Waals surface area contributed by atoms with Crippen molar-refractivity contribution in [1.29, 1.82) is 0 Å². The Bertz CT molecular complexity index is 169. The SMILES string of the molecule is C=CC1CCN(CC(=C)Br)CC1. The summed E-state index contributed by atoms with van der Waals surface area (Å²) in [5.41, 5.74) is 0. The van der Waals surface area contributed by atoms with Gasteiger partial charge in [-0.25, -0.2) is 0 Å². The van der Waals surface area contributed by atoms with E-state index in [0.29, 0.717) is 0 Å². The molecule has 1 aliphatic rings. The number of hydrogen-bond acceptors (Lipinski definition) is 1. The Labute approximate surface area is 83.3 Å². The van der Waals surface area contributed by atoms with Crippen LogP contribution in [0.15, 0.2) is 23.7 Å². The zero-order chi connectivity index (χ0) is 8.97. The average molecular weight is 230 g/mol. The number of hydrogen-bond donors (Lipinski definition) is 0. The second kappa shape index (κ2) is 4.83. The lowest BCUT2D eigenvalue weighted by Gasteiger charge is -2.30. The van der Waals surface area contributed by atoms with Crippen LogP contribution in [-0.2, 0) is 0 Å². The number of allylic oxidation sites excluding steroid dienone is 1. The van der Waals surface area contributed by atoms with Crippen LogP contribution in [0.1, 0.15) is 12.8 Å². The van der Waals surface area contributed by atoms with Crippen LogP contribution in [0.5, 0.6) is 0 Å². The monoisotopic (exact) mass is 229 g/mol. The van der Waals surface area contributed by atoms with E-state index in [4.69, 9.17) is 0 Å². The minimum atomic E-state index is 0.741. The lowest BCUT2D eigenvalue weighted by molar-refractivity contribution is 0.222. The molecule has 0 saturated carbocycles. The highest BCUT2D eigenvalue weighted by atomic mass is 79.9. The first-order valence-corrected chi connectivity index (χ1v) is 5.20. The molecule has 1 rings (SSSR count). The predicted molar refractivity (Wildman–Crippen MR) is 57.4 cm³/mol. The summed E-state index contributed by atoms with van der Waals surface area (Å²) in [4.78, 5) is 2.43. The Balaban J connectivity index is 2.26. The summed E-state index contributed by atoms with van der Waals surface area (Å²) in [5.74, 6) is 0.741. The summed E-state index contributed by atoms with van der Waals surface area (Å²) in [6.45, 7) is 11.0. The number of likely N-dealkylation sites (tertiary alicyclic amines) is 1. The molecule has 0 aromatic carbocycles. The van der Waals surface area contributed by atoms with E-state index in [-0.39, 0.29) is 0 Å². The molecule has 0 aliphatic carbocycles. The van der Waals surface area contributed by atoms with Crippen LogP contribution >= 0.6 is 15.9 Å². The van der Waals surface area contributed by atoms with E-state index in [1.165, 1.54) is 25.9 Å². The summed E-state index contributed by atoms with van der Waals surface area (Å²) >= 11 is 3.39. The summed E-state index contributed by atoms with van der Waals surface area (Å²) < 4.78 is 1.08. The zero-order valence-electron chi connectivity index (χ0n) is 7.43. The molecule has 1 heterocycles. The fourth-order valence-electron chi connectivity index (χ4n) is 1.59. The van der Waals surface area contributed by atoms with Gasteiger partial charge in [-0.2, -0.15) is 0 Å². The highest BCUT2D eigenvalue weighted by Crippen LogP contribution is 2.18.